The molecular weight excluding hydrogens is 268 g/mol. The van der Waals surface area contributed by atoms with Crippen LogP contribution in [0, 0.1) is 6.92 Å². The highest BCUT2D eigenvalue weighted by Gasteiger charge is 1.99. The van der Waals surface area contributed by atoms with Crippen LogP contribution in [0.4, 0.5) is 5.69 Å². The number of halogens is 1. The van der Waals surface area contributed by atoms with Gasteiger partial charge in [0.2, 0.25) is 0 Å². The van der Waals surface area contributed by atoms with Crippen molar-refractivity contribution in [3.05, 3.63) is 46.7 Å². The second-order valence-corrected chi connectivity index (χ2v) is 4.21. The first-order valence-electron chi connectivity index (χ1n) is 4.86. The molecule has 82 valence electrons. The Labute approximate surface area is 102 Å². The molecule has 2 rings (SSSR count). The van der Waals surface area contributed by atoms with Gasteiger partial charge in [-0.3, -0.25) is 15.0 Å². The van der Waals surface area contributed by atoms with Gasteiger partial charge in [0.15, 0.2) is 0 Å². The topological polar surface area (TPSA) is 50.7 Å². The Kier molecular flexibility index (Phi) is 3.46. The molecule has 1 N–H and O–H groups in total. The number of hydrogen-bond donors (Lipinski definition) is 1. The molecule has 0 fully saturated rings. The minimum atomic E-state index is 0.649. The van der Waals surface area contributed by atoms with Crippen molar-refractivity contribution in [2.45, 2.75) is 13.5 Å². The van der Waals surface area contributed by atoms with Crippen molar-refractivity contribution in [1.29, 1.82) is 0 Å². The molecule has 0 unspecified atom stereocenters. The van der Waals surface area contributed by atoms with Crippen LogP contribution in [0.1, 0.15) is 11.4 Å². The Morgan fingerprint density at radius 3 is 2.81 bits per heavy atom. The number of aryl methyl sites for hydroxylation is 1. The minimum Gasteiger partial charge on any atom is -0.378 e. The Morgan fingerprint density at radius 1 is 1.25 bits per heavy atom. The third-order valence-electron chi connectivity index (χ3n) is 2.07. The third kappa shape index (κ3) is 2.76. The van der Waals surface area contributed by atoms with Gasteiger partial charge in [0.1, 0.15) is 0 Å². The van der Waals surface area contributed by atoms with E-state index in [2.05, 4.69) is 36.2 Å². The first-order valence-corrected chi connectivity index (χ1v) is 5.66. The summed E-state index contributed by atoms with van der Waals surface area (Å²) in [5.41, 5.74) is 2.83. The Bertz CT molecular complexity index is 470. The van der Waals surface area contributed by atoms with Gasteiger partial charge in [-0.05, 0) is 28.9 Å². The van der Waals surface area contributed by atoms with E-state index in [1.165, 1.54) is 0 Å². The van der Waals surface area contributed by atoms with Crippen LogP contribution in [-0.4, -0.2) is 15.0 Å². The summed E-state index contributed by atoms with van der Waals surface area (Å²) >= 11 is 3.42. The lowest BCUT2D eigenvalue weighted by atomic mass is 10.3. The Morgan fingerprint density at radius 2 is 2.12 bits per heavy atom. The van der Waals surface area contributed by atoms with Gasteiger partial charge in [0.05, 0.1) is 34.3 Å². The van der Waals surface area contributed by atoms with E-state index in [9.17, 15) is 0 Å². The van der Waals surface area contributed by atoms with Crippen molar-refractivity contribution in [1.82, 2.24) is 15.0 Å². The average molecular weight is 279 g/mol. The van der Waals surface area contributed by atoms with E-state index in [-0.39, 0.29) is 0 Å². The van der Waals surface area contributed by atoms with Gasteiger partial charge in [0.25, 0.3) is 0 Å². The molecule has 16 heavy (non-hydrogen) atoms. The summed E-state index contributed by atoms with van der Waals surface area (Å²) in [5, 5.41) is 3.26. The number of nitrogens with one attached hydrogen (secondary N) is 1. The van der Waals surface area contributed by atoms with Crippen LogP contribution in [0.15, 0.2) is 35.3 Å². The van der Waals surface area contributed by atoms with Crippen LogP contribution >= 0.6 is 15.9 Å². The molecule has 0 aliphatic rings. The molecular formula is C11H11BrN4. The average Bonchev–Trinajstić information content (AvgIpc) is 2.30. The fraction of sp³-hybridized carbons (Fsp3) is 0.182. The lowest BCUT2D eigenvalue weighted by Crippen LogP contribution is -2.03. The summed E-state index contributed by atoms with van der Waals surface area (Å²) < 4.78 is 0.940. The molecule has 0 aromatic carbocycles. The van der Waals surface area contributed by atoms with Gasteiger partial charge in [0, 0.05) is 18.6 Å². The summed E-state index contributed by atoms with van der Waals surface area (Å²) in [4.78, 5) is 12.5. The number of anilines is 1. The molecule has 0 radical (unpaired) electrons. The number of hydrogen-bond acceptors (Lipinski definition) is 4. The SMILES string of the molecule is Cc1cnc(CNc2ccncc2Br)cn1. The first kappa shape index (κ1) is 11.0. The molecule has 0 spiro atoms. The Balaban J connectivity index is 2.02. The molecule has 4 nitrogen and oxygen atoms in total. The molecule has 2 heterocycles. The number of rotatable bonds is 3. The second-order valence-electron chi connectivity index (χ2n) is 3.36. The zero-order chi connectivity index (χ0) is 11.4. The predicted molar refractivity (Wildman–Crippen MR) is 66.0 cm³/mol. The Hall–Kier alpha value is -1.49. The maximum Gasteiger partial charge on any atom is 0.0777 e. The normalized spacial score (nSPS) is 10.1. The number of pyridine rings is 1. The lowest BCUT2D eigenvalue weighted by molar-refractivity contribution is 0.983. The quantitative estimate of drug-likeness (QED) is 0.938. The molecule has 2 aromatic heterocycles. The van der Waals surface area contributed by atoms with E-state index in [1.807, 2.05) is 13.0 Å². The standard InChI is InChI=1S/C11H11BrN4/c1-8-4-15-9(5-14-8)6-16-11-2-3-13-7-10(11)12/h2-5,7H,6H2,1H3,(H,13,16). The van der Waals surface area contributed by atoms with Crippen LogP contribution in [0.5, 0.6) is 0 Å². The summed E-state index contributed by atoms with van der Waals surface area (Å²) in [7, 11) is 0. The van der Waals surface area contributed by atoms with Crippen molar-refractivity contribution >= 4 is 21.6 Å². The van der Waals surface area contributed by atoms with Gasteiger partial charge in [-0.1, -0.05) is 0 Å². The van der Waals surface area contributed by atoms with Gasteiger partial charge in [-0.25, -0.2) is 0 Å². The largest absolute Gasteiger partial charge is 0.378 e. The molecule has 0 aliphatic heterocycles. The maximum atomic E-state index is 4.27. The molecule has 0 bridgehead atoms. The molecule has 0 amide bonds. The fourth-order valence-electron chi connectivity index (χ4n) is 1.21. The predicted octanol–water partition coefficient (Wildman–Crippen LogP) is 2.55. The summed E-state index contributed by atoms with van der Waals surface area (Å²) in [5.74, 6) is 0. The summed E-state index contributed by atoms with van der Waals surface area (Å²) in [6.07, 6.45) is 7.03. The lowest BCUT2D eigenvalue weighted by Gasteiger charge is -2.07. The van der Waals surface area contributed by atoms with E-state index in [0.717, 1.165) is 21.5 Å². The number of nitrogens with zero attached hydrogens (tertiary/aromatic N) is 3. The van der Waals surface area contributed by atoms with Crippen molar-refractivity contribution in [2.24, 2.45) is 0 Å². The van der Waals surface area contributed by atoms with E-state index < -0.39 is 0 Å². The fourth-order valence-corrected chi connectivity index (χ4v) is 1.61. The molecule has 0 saturated heterocycles. The smallest absolute Gasteiger partial charge is 0.0777 e. The van der Waals surface area contributed by atoms with E-state index in [0.29, 0.717) is 6.54 Å². The van der Waals surface area contributed by atoms with Gasteiger partial charge >= 0.3 is 0 Å². The zero-order valence-electron chi connectivity index (χ0n) is 8.81. The van der Waals surface area contributed by atoms with Crippen molar-refractivity contribution < 1.29 is 0 Å². The van der Waals surface area contributed by atoms with Crippen molar-refractivity contribution in [2.75, 3.05) is 5.32 Å². The van der Waals surface area contributed by atoms with Crippen LogP contribution in [0.3, 0.4) is 0 Å². The van der Waals surface area contributed by atoms with Crippen molar-refractivity contribution in [3.8, 4) is 0 Å². The molecule has 0 aliphatic carbocycles. The van der Waals surface area contributed by atoms with Crippen molar-refractivity contribution in [3.63, 3.8) is 0 Å². The highest BCUT2D eigenvalue weighted by Crippen LogP contribution is 2.20. The van der Waals surface area contributed by atoms with E-state index >= 15 is 0 Å². The molecule has 2 aromatic rings. The minimum absolute atomic E-state index is 0.649. The monoisotopic (exact) mass is 278 g/mol. The zero-order valence-corrected chi connectivity index (χ0v) is 10.4. The van der Waals surface area contributed by atoms with Crippen LogP contribution in [0.25, 0.3) is 0 Å². The first-order chi connectivity index (χ1) is 7.75. The van der Waals surface area contributed by atoms with Gasteiger partial charge in [-0.2, -0.15) is 0 Å². The van der Waals surface area contributed by atoms with Gasteiger partial charge in [-0.15, -0.1) is 0 Å². The molecule has 0 atom stereocenters. The van der Waals surface area contributed by atoms with E-state index in [4.69, 9.17) is 0 Å². The van der Waals surface area contributed by atoms with Crippen LogP contribution < -0.4 is 5.32 Å². The van der Waals surface area contributed by atoms with E-state index in [1.54, 1.807) is 24.8 Å². The summed E-state index contributed by atoms with van der Waals surface area (Å²) in [6, 6.07) is 1.91. The van der Waals surface area contributed by atoms with Crippen LogP contribution in [0.2, 0.25) is 0 Å². The highest BCUT2D eigenvalue weighted by atomic mass is 79.9. The third-order valence-corrected chi connectivity index (χ3v) is 2.70. The second kappa shape index (κ2) is 5.03. The molecule has 5 heteroatoms. The van der Waals surface area contributed by atoms with Gasteiger partial charge < -0.3 is 5.32 Å². The maximum absolute atomic E-state index is 4.27. The van der Waals surface area contributed by atoms with Crippen LogP contribution in [-0.2, 0) is 6.54 Å². The summed E-state index contributed by atoms with van der Waals surface area (Å²) in [6.45, 7) is 2.57. The highest BCUT2D eigenvalue weighted by molar-refractivity contribution is 9.10. The molecule has 0 saturated carbocycles. The number of aromatic nitrogens is 3.